The van der Waals surface area contributed by atoms with Gasteiger partial charge in [0.25, 0.3) is 5.91 Å². The van der Waals surface area contributed by atoms with Crippen molar-refractivity contribution in [3.8, 4) is 0 Å². The lowest BCUT2D eigenvalue weighted by molar-refractivity contribution is 0.0453. The number of nitrogens with zero attached hydrogens (tertiary/aromatic N) is 2. The van der Waals surface area contributed by atoms with Crippen LogP contribution in [-0.2, 0) is 6.42 Å². The summed E-state index contributed by atoms with van der Waals surface area (Å²) in [5.41, 5.74) is 6.08. The van der Waals surface area contributed by atoms with Crippen molar-refractivity contribution < 1.29 is 4.79 Å². The van der Waals surface area contributed by atoms with Gasteiger partial charge in [0.1, 0.15) is 0 Å². The summed E-state index contributed by atoms with van der Waals surface area (Å²) in [6, 6.07) is 15.1. The second-order valence-corrected chi connectivity index (χ2v) is 7.05. The van der Waals surface area contributed by atoms with E-state index in [1.54, 1.807) is 0 Å². The Labute approximate surface area is 143 Å². The molecule has 1 fully saturated rings. The Hall–Kier alpha value is -2.13. The van der Waals surface area contributed by atoms with E-state index in [1.165, 1.54) is 22.3 Å². The summed E-state index contributed by atoms with van der Waals surface area (Å²) in [5.74, 6) is 0.167. The molecule has 24 heavy (non-hydrogen) atoms. The van der Waals surface area contributed by atoms with Crippen LogP contribution in [-0.4, -0.2) is 41.9 Å². The number of carbonyl (C=O) groups excluding carboxylic acids is 1. The fourth-order valence-electron chi connectivity index (χ4n) is 3.98. The molecule has 0 saturated carbocycles. The minimum atomic E-state index is 0.167. The van der Waals surface area contributed by atoms with Gasteiger partial charge in [-0.05, 0) is 54.7 Å². The lowest BCUT2D eigenvalue weighted by Crippen LogP contribution is -2.52. The second kappa shape index (κ2) is 6.06. The van der Waals surface area contributed by atoms with Crippen LogP contribution in [0.3, 0.4) is 0 Å². The van der Waals surface area contributed by atoms with Crippen LogP contribution in [0.5, 0.6) is 0 Å². The van der Waals surface area contributed by atoms with Crippen LogP contribution >= 0.6 is 0 Å². The Kier molecular flexibility index (Phi) is 3.89. The van der Waals surface area contributed by atoms with Crippen LogP contribution in [0.15, 0.2) is 42.5 Å². The van der Waals surface area contributed by atoms with E-state index in [0.717, 1.165) is 38.2 Å². The molecule has 0 N–H and O–H groups in total. The quantitative estimate of drug-likeness (QED) is 0.804. The van der Waals surface area contributed by atoms with Crippen molar-refractivity contribution in [2.45, 2.75) is 26.3 Å². The normalized spacial score (nSPS) is 20.4. The monoisotopic (exact) mass is 320 g/mol. The largest absolute Gasteiger partial charge is 0.335 e. The van der Waals surface area contributed by atoms with E-state index in [0.29, 0.717) is 6.04 Å². The summed E-state index contributed by atoms with van der Waals surface area (Å²) in [6.07, 6.45) is 1.12. The number of carbonyl (C=O) groups is 1. The standard InChI is InChI=1S/C21H24N2O/c1-15-7-8-18(13-16(15)2)21(24)23-12-11-22-10-9-17-5-3-4-6-19(17)20(22)14-23/h3-8,13,20H,9-12,14H2,1-2H3. The molecule has 0 radical (unpaired) electrons. The highest BCUT2D eigenvalue weighted by Gasteiger charge is 2.34. The average molecular weight is 320 g/mol. The first-order chi connectivity index (χ1) is 11.6. The van der Waals surface area contributed by atoms with E-state index in [1.807, 2.05) is 17.0 Å². The predicted molar refractivity (Wildman–Crippen MR) is 96.3 cm³/mol. The van der Waals surface area contributed by atoms with Gasteiger partial charge in [0.05, 0.1) is 6.04 Å². The van der Waals surface area contributed by atoms with Crippen molar-refractivity contribution in [3.63, 3.8) is 0 Å². The zero-order valence-corrected chi connectivity index (χ0v) is 14.5. The third-order valence-corrected chi connectivity index (χ3v) is 5.61. The van der Waals surface area contributed by atoms with Crippen LogP contribution in [0.2, 0.25) is 0 Å². The van der Waals surface area contributed by atoms with Gasteiger partial charge in [-0.25, -0.2) is 0 Å². The highest BCUT2D eigenvalue weighted by atomic mass is 16.2. The van der Waals surface area contributed by atoms with Crippen molar-refractivity contribution in [3.05, 3.63) is 70.3 Å². The highest BCUT2D eigenvalue weighted by molar-refractivity contribution is 5.94. The van der Waals surface area contributed by atoms with Gasteiger partial charge in [-0.1, -0.05) is 30.3 Å². The number of hydrogen-bond donors (Lipinski definition) is 0. The number of rotatable bonds is 1. The summed E-state index contributed by atoms with van der Waals surface area (Å²) in [5, 5.41) is 0. The maximum atomic E-state index is 13.0. The van der Waals surface area contributed by atoms with Crippen LogP contribution in [0, 0.1) is 13.8 Å². The van der Waals surface area contributed by atoms with E-state index in [2.05, 4.69) is 49.1 Å². The van der Waals surface area contributed by atoms with Gasteiger partial charge in [-0.2, -0.15) is 0 Å². The average Bonchev–Trinajstić information content (AvgIpc) is 2.63. The molecule has 3 heteroatoms. The van der Waals surface area contributed by atoms with E-state index in [9.17, 15) is 4.79 Å². The summed E-state index contributed by atoms with van der Waals surface area (Å²) >= 11 is 0. The molecule has 1 saturated heterocycles. The smallest absolute Gasteiger partial charge is 0.253 e. The molecule has 2 aromatic rings. The number of piperazine rings is 1. The van der Waals surface area contributed by atoms with Crippen molar-refractivity contribution in [1.82, 2.24) is 9.80 Å². The molecule has 3 nitrogen and oxygen atoms in total. The molecule has 2 aliphatic rings. The Morgan fingerprint density at radius 2 is 1.83 bits per heavy atom. The molecule has 4 rings (SSSR count). The van der Waals surface area contributed by atoms with E-state index in [-0.39, 0.29) is 5.91 Å². The van der Waals surface area contributed by atoms with Gasteiger partial charge in [-0.3, -0.25) is 9.69 Å². The molecular formula is C21H24N2O. The molecule has 1 unspecified atom stereocenters. The zero-order chi connectivity index (χ0) is 16.7. The van der Waals surface area contributed by atoms with Gasteiger partial charge in [0, 0.05) is 31.7 Å². The number of fused-ring (bicyclic) bond motifs is 3. The Balaban J connectivity index is 1.59. The van der Waals surface area contributed by atoms with Crippen LogP contribution in [0.25, 0.3) is 0 Å². The van der Waals surface area contributed by atoms with Gasteiger partial charge in [-0.15, -0.1) is 0 Å². The molecule has 1 atom stereocenters. The van der Waals surface area contributed by atoms with E-state index < -0.39 is 0 Å². The second-order valence-electron chi connectivity index (χ2n) is 7.05. The van der Waals surface area contributed by atoms with Crippen molar-refractivity contribution in [1.29, 1.82) is 0 Å². The topological polar surface area (TPSA) is 23.6 Å². The van der Waals surface area contributed by atoms with Gasteiger partial charge in [0.15, 0.2) is 0 Å². The van der Waals surface area contributed by atoms with Crippen LogP contribution < -0.4 is 0 Å². The first-order valence-electron chi connectivity index (χ1n) is 8.82. The third kappa shape index (κ3) is 2.63. The van der Waals surface area contributed by atoms with Gasteiger partial charge in [0.2, 0.25) is 0 Å². The molecule has 2 aliphatic heterocycles. The third-order valence-electron chi connectivity index (χ3n) is 5.61. The van der Waals surface area contributed by atoms with Crippen molar-refractivity contribution in [2.75, 3.05) is 26.2 Å². The van der Waals surface area contributed by atoms with Crippen molar-refractivity contribution in [2.24, 2.45) is 0 Å². The Morgan fingerprint density at radius 3 is 2.67 bits per heavy atom. The van der Waals surface area contributed by atoms with Crippen LogP contribution in [0.1, 0.15) is 38.7 Å². The maximum absolute atomic E-state index is 13.0. The fourth-order valence-corrected chi connectivity index (χ4v) is 3.98. The maximum Gasteiger partial charge on any atom is 0.253 e. The lowest BCUT2D eigenvalue weighted by Gasteiger charge is -2.45. The minimum Gasteiger partial charge on any atom is -0.335 e. The number of hydrogen-bond acceptors (Lipinski definition) is 2. The van der Waals surface area contributed by atoms with Gasteiger partial charge >= 0.3 is 0 Å². The van der Waals surface area contributed by atoms with Gasteiger partial charge < -0.3 is 4.90 Å². The highest BCUT2D eigenvalue weighted by Crippen LogP contribution is 2.32. The molecule has 0 aliphatic carbocycles. The van der Waals surface area contributed by atoms with E-state index in [4.69, 9.17) is 0 Å². The first-order valence-corrected chi connectivity index (χ1v) is 8.82. The molecule has 0 bridgehead atoms. The first kappa shape index (κ1) is 15.4. The Morgan fingerprint density at radius 1 is 1.00 bits per heavy atom. The SMILES string of the molecule is Cc1ccc(C(=O)N2CCN3CCc4ccccc4C3C2)cc1C. The number of amides is 1. The summed E-state index contributed by atoms with van der Waals surface area (Å²) in [7, 11) is 0. The molecule has 124 valence electrons. The number of aryl methyl sites for hydroxylation is 2. The molecule has 1 amide bonds. The Bertz CT molecular complexity index is 783. The molecule has 0 spiro atoms. The van der Waals surface area contributed by atoms with Crippen LogP contribution in [0.4, 0.5) is 0 Å². The van der Waals surface area contributed by atoms with Crippen molar-refractivity contribution >= 4 is 5.91 Å². The lowest BCUT2D eigenvalue weighted by atomic mass is 9.91. The molecule has 0 aromatic heterocycles. The fraction of sp³-hybridized carbons (Fsp3) is 0.381. The summed E-state index contributed by atoms with van der Waals surface area (Å²) < 4.78 is 0. The minimum absolute atomic E-state index is 0.167. The summed E-state index contributed by atoms with van der Waals surface area (Å²) in [6.45, 7) is 7.85. The summed E-state index contributed by atoms with van der Waals surface area (Å²) in [4.78, 5) is 17.5. The molecule has 2 aromatic carbocycles. The zero-order valence-electron chi connectivity index (χ0n) is 14.5. The molecular weight excluding hydrogens is 296 g/mol. The predicted octanol–water partition coefficient (Wildman–Crippen LogP) is 3.36. The molecule has 2 heterocycles. The number of benzene rings is 2. The van der Waals surface area contributed by atoms with E-state index >= 15 is 0 Å².